The predicted molar refractivity (Wildman–Crippen MR) is 169 cm³/mol. The van der Waals surface area contributed by atoms with Crippen molar-refractivity contribution in [3.05, 3.63) is 82.9 Å². The third-order valence-corrected chi connectivity index (χ3v) is 9.95. The van der Waals surface area contributed by atoms with E-state index in [1.807, 2.05) is 0 Å². The molecule has 0 fully saturated rings. The minimum Gasteiger partial charge on any atom is -0.0646 e. The molecule has 3 aromatic rings. The Labute approximate surface area is 235 Å². The Morgan fingerprint density at radius 2 is 0.895 bits per heavy atom. The van der Waals surface area contributed by atoms with E-state index >= 15 is 0 Å². The van der Waals surface area contributed by atoms with E-state index in [1.54, 1.807) is 0 Å². The Hall–Kier alpha value is -2.34. The zero-order valence-corrected chi connectivity index (χ0v) is 26.5. The summed E-state index contributed by atoms with van der Waals surface area (Å²) in [6.45, 7) is 28.1. The molecule has 0 unspecified atom stereocenters. The summed E-state index contributed by atoms with van der Waals surface area (Å²) in [5.74, 6) is 0. The largest absolute Gasteiger partial charge is 0.0646 e. The van der Waals surface area contributed by atoms with E-state index in [1.165, 1.54) is 44.5 Å². The summed E-state index contributed by atoms with van der Waals surface area (Å²) < 4.78 is 0. The Morgan fingerprint density at radius 1 is 0.500 bits per heavy atom. The summed E-state index contributed by atoms with van der Waals surface area (Å²) in [7, 11) is 0. The molecule has 0 saturated heterocycles. The first-order valence-electron chi connectivity index (χ1n) is 15.0. The maximum atomic E-state index is 3.84. The molecule has 0 aliphatic rings. The summed E-state index contributed by atoms with van der Waals surface area (Å²) in [4.78, 5) is 0. The van der Waals surface area contributed by atoms with Gasteiger partial charge in [-0.15, -0.1) is 0 Å². The molecule has 38 heavy (non-hydrogen) atoms. The van der Waals surface area contributed by atoms with Gasteiger partial charge in [-0.05, 0) is 104 Å². The molecule has 0 nitrogen and oxygen atoms in total. The first-order valence-corrected chi connectivity index (χ1v) is 15.0. The van der Waals surface area contributed by atoms with Gasteiger partial charge in [0.05, 0.1) is 0 Å². The van der Waals surface area contributed by atoms with Crippen molar-refractivity contribution in [2.75, 3.05) is 0 Å². The van der Waals surface area contributed by atoms with E-state index in [9.17, 15) is 0 Å². The second-order valence-corrected chi connectivity index (χ2v) is 13.9. The van der Waals surface area contributed by atoms with Gasteiger partial charge in [0, 0.05) is 0 Å². The van der Waals surface area contributed by atoms with Gasteiger partial charge >= 0.3 is 0 Å². The van der Waals surface area contributed by atoms with Crippen molar-refractivity contribution in [3.8, 4) is 22.3 Å². The van der Waals surface area contributed by atoms with Crippen molar-refractivity contribution < 1.29 is 0 Å². The summed E-state index contributed by atoms with van der Waals surface area (Å²) >= 11 is 0. The lowest BCUT2D eigenvalue weighted by Gasteiger charge is -2.35. The topological polar surface area (TPSA) is 0 Å². The Morgan fingerprint density at radius 3 is 1.29 bits per heavy atom. The molecular formula is C38H53. The molecule has 0 heterocycles. The van der Waals surface area contributed by atoms with Crippen LogP contribution in [0.2, 0.25) is 0 Å². The summed E-state index contributed by atoms with van der Waals surface area (Å²) in [5, 5.41) is 0. The third-order valence-electron chi connectivity index (χ3n) is 9.95. The molecule has 0 N–H and O–H groups in total. The second-order valence-electron chi connectivity index (χ2n) is 13.9. The molecule has 0 atom stereocenters. The van der Waals surface area contributed by atoms with Gasteiger partial charge in [-0.3, -0.25) is 0 Å². The normalized spacial score (nSPS) is 13.2. The smallest absolute Gasteiger partial charge is 0.00937 e. The standard InChI is InChI=1S/C38H53/c1-13-35(5,6)29-21-17-27(18-22-29)31-25-26-32(37(9,10)15-3)33(34(31)38(11,12)16-4)28-19-23-30(24-20-28)36(7,8)14-2/h17-25H,13-16H2,1-12H3. The third kappa shape index (κ3) is 5.80. The molecule has 1 radical (unpaired) electrons. The predicted octanol–water partition coefficient (Wildman–Crippen LogP) is 11.6. The highest BCUT2D eigenvalue weighted by Crippen LogP contribution is 2.47. The van der Waals surface area contributed by atoms with Crippen LogP contribution in [0.4, 0.5) is 0 Å². The molecule has 0 bridgehead atoms. The van der Waals surface area contributed by atoms with Crippen LogP contribution in [0.5, 0.6) is 0 Å². The van der Waals surface area contributed by atoms with Crippen molar-refractivity contribution in [2.24, 2.45) is 0 Å². The first-order chi connectivity index (χ1) is 17.6. The average molecular weight is 510 g/mol. The van der Waals surface area contributed by atoms with Crippen molar-refractivity contribution in [3.63, 3.8) is 0 Å². The van der Waals surface area contributed by atoms with Gasteiger partial charge in [0.15, 0.2) is 0 Å². The van der Waals surface area contributed by atoms with E-state index in [0.717, 1.165) is 25.7 Å². The summed E-state index contributed by atoms with van der Waals surface area (Å²) in [6, 6.07) is 25.0. The van der Waals surface area contributed by atoms with Gasteiger partial charge in [0.1, 0.15) is 0 Å². The van der Waals surface area contributed by atoms with Crippen molar-refractivity contribution >= 4 is 0 Å². The number of hydrogen-bond acceptors (Lipinski definition) is 0. The van der Waals surface area contributed by atoms with E-state index < -0.39 is 0 Å². The van der Waals surface area contributed by atoms with Crippen LogP contribution in [0.3, 0.4) is 0 Å². The lowest BCUT2D eigenvalue weighted by molar-refractivity contribution is 0.491. The molecule has 205 valence electrons. The summed E-state index contributed by atoms with van der Waals surface area (Å²) in [6.07, 6.45) is 4.40. The highest BCUT2D eigenvalue weighted by molar-refractivity contribution is 5.83. The van der Waals surface area contributed by atoms with E-state index in [-0.39, 0.29) is 21.7 Å². The maximum Gasteiger partial charge on any atom is -0.00937 e. The van der Waals surface area contributed by atoms with E-state index in [2.05, 4.69) is 144 Å². The molecule has 3 aromatic carbocycles. The van der Waals surface area contributed by atoms with Crippen LogP contribution in [-0.4, -0.2) is 0 Å². The SMILES string of the molecule is CCC(C)(C)c1ccc(-c2c[c]c(C(C)(C)CC)c(-c3ccc(C(C)(C)CC)cc3)c2C(C)(C)CC)cc1. The number of rotatable bonds is 10. The van der Waals surface area contributed by atoms with Gasteiger partial charge in [-0.2, -0.15) is 0 Å². The molecular weight excluding hydrogens is 456 g/mol. The molecule has 0 aliphatic carbocycles. The van der Waals surface area contributed by atoms with Gasteiger partial charge in [-0.25, -0.2) is 0 Å². The Balaban J connectivity index is 2.37. The molecule has 3 rings (SSSR count). The average Bonchev–Trinajstić information content (AvgIpc) is 2.92. The first kappa shape index (κ1) is 30.2. The zero-order valence-electron chi connectivity index (χ0n) is 26.5. The molecule has 0 amide bonds. The van der Waals surface area contributed by atoms with Crippen LogP contribution in [0.1, 0.15) is 131 Å². The van der Waals surface area contributed by atoms with Crippen LogP contribution in [-0.2, 0) is 21.7 Å². The van der Waals surface area contributed by atoms with Gasteiger partial charge in [0.25, 0.3) is 0 Å². The van der Waals surface area contributed by atoms with Crippen LogP contribution < -0.4 is 0 Å². The Bertz CT molecular complexity index is 1210. The Kier molecular flexibility index (Phi) is 8.77. The monoisotopic (exact) mass is 509 g/mol. The fourth-order valence-electron chi connectivity index (χ4n) is 5.25. The van der Waals surface area contributed by atoms with Crippen LogP contribution >= 0.6 is 0 Å². The van der Waals surface area contributed by atoms with E-state index in [4.69, 9.17) is 0 Å². The minimum atomic E-state index is 0.0149. The van der Waals surface area contributed by atoms with Crippen LogP contribution in [0.25, 0.3) is 22.3 Å². The highest BCUT2D eigenvalue weighted by atomic mass is 14.4. The second kappa shape index (κ2) is 11.0. The maximum absolute atomic E-state index is 3.84. The minimum absolute atomic E-state index is 0.0149. The van der Waals surface area contributed by atoms with Crippen molar-refractivity contribution in [2.45, 2.75) is 130 Å². The molecule has 0 saturated carbocycles. The summed E-state index contributed by atoms with van der Waals surface area (Å²) in [5.41, 5.74) is 11.3. The quantitative estimate of drug-likeness (QED) is 0.255. The molecule has 0 spiro atoms. The highest BCUT2D eigenvalue weighted by Gasteiger charge is 2.32. The fraction of sp³-hybridized carbons (Fsp3) is 0.526. The fourth-order valence-corrected chi connectivity index (χ4v) is 5.25. The lowest BCUT2D eigenvalue weighted by atomic mass is 9.68. The molecule has 0 aromatic heterocycles. The number of hydrogen-bond donors (Lipinski definition) is 0. The number of benzene rings is 3. The van der Waals surface area contributed by atoms with Gasteiger partial charge < -0.3 is 0 Å². The van der Waals surface area contributed by atoms with Crippen LogP contribution in [0.15, 0.2) is 54.6 Å². The molecule has 0 heteroatoms. The molecule has 0 aliphatic heterocycles. The van der Waals surface area contributed by atoms with Crippen molar-refractivity contribution in [1.82, 2.24) is 0 Å². The van der Waals surface area contributed by atoms with Gasteiger partial charge in [0.2, 0.25) is 0 Å². The van der Waals surface area contributed by atoms with Crippen LogP contribution in [0, 0.1) is 6.07 Å². The van der Waals surface area contributed by atoms with Gasteiger partial charge in [-0.1, -0.05) is 132 Å². The van der Waals surface area contributed by atoms with E-state index in [0.29, 0.717) is 0 Å². The zero-order chi connectivity index (χ0) is 28.5. The lowest BCUT2D eigenvalue weighted by Crippen LogP contribution is -2.24. The van der Waals surface area contributed by atoms with Crippen molar-refractivity contribution in [1.29, 1.82) is 0 Å².